The van der Waals surface area contributed by atoms with Crippen LogP contribution in [0.2, 0.25) is 0 Å². The van der Waals surface area contributed by atoms with E-state index in [0.717, 1.165) is 0 Å². The molecule has 0 fully saturated rings. The van der Waals surface area contributed by atoms with Crippen molar-refractivity contribution in [2.45, 2.75) is 0 Å². The Kier molecular flexibility index (Phi) is 584. The van der Waals surface area contributed by atoms with Crippen molar-refractivity contribution in [3.8, 4) is 0 Å². The van der Waals surface area contributed by atoms with Crippen LogP contribution in [0.3, 0.4) is 0 Å². The summed E-state index contributed by atoms with van der Waals surface area (Å²) in [5.74, 6) is 0. The minimum Gasteiger partial charge on any atom is -0.320 e. The van der Waals surface area contributed by atoms with E-state index in [1.54, 1.807) is 0 Å². The van der Waals surface area contributed by atoms with Gasteiger partial charge in [0.1, 0.15) is 0 Å². The fourth-order valence-electron chi connectivity index (χ4n) is 0. The first kappa shape index (κ1) is 45.2. The van der Waals surface area contributed by atoms with E-state index >= 15 is 0 Å². The normalized spacial score (nSPS) is 2.35. The van der Waals surface area contributed by atoms with Crippen molar-refractivity contribution >= 4 is 17.0 Å². The maximum atomic E-state index is 5.83. The van der Waals surface area contributed by atoms with Gasteiger partial charge in [0.25, 0.3) is 0 Å². The molecule has 0 aliphatic rings. The quantitative estimate of drug-likeness (QED) is 0.477. The van der Waals surface area contributed by atoms with E-state index in [1.807, 2.05) is 0 Å². The topological polar surface area (TPSA) is 21.8 Å². The largest absolute Gasteiger partial charge is 0.320 e. The number of halogens is 1. The third-order valence-electron chi connectivity index (χ3n) is 0. The number of nitrogens with zero attached hydrogens (tertiary/aromatic N) is 5. The van der Waals surface area contributed by atoms with Gasteiger partial charge in [-0.05, 0) is 0 Å². The zero-order valence-corrected chi connectivity index (χ0v) is 13.4. The SMILES string of the molecule is Br.[C-]#[N+]C.[C-]#[N+]C.[C-]#[N+]C.[C-]#[N+]C.[C-]#[N+]C.[Mn]. The van der Waals surface area contributed by atoms with Crippen LogP contribution in [0, 0.1) is 32.9 Å². The third-order valence-corrected chi connectivity index (χ3v) is 0. The molecule has 0 aliphatic heterocycles. The van der Waals surface area contributed by atoms with Crippen molar-refractivity contribution in [2.24, 2.45) is 0 Å². The minimum atomic E-state index is 0. The summed E-state index contributed by atoms with van der Waals surface area (Å²) in [6.45, 7) is 29.2. The van der Waals surface area contributed by atoms with Gasteiger partial charge in [-0.1, -0.05) is 0 Å². The van der Waals surface area contributed by atoms with Gasteiger partial charge in [0.2, 0.25) is 35.2 Å². The Morgan fingerprint density at radius 3 is 0.471 bits per heavy atom. The maximum absolute atomic E-state index is 5.83. The molecule has 0 amide bonds. The van der Waals surface area contributed by atoms with Crippen LogP contribution in [0.4, 0.5) is 0 Å². The molecule has 0 unspecified atom stereocenters. The molecule has 0 atom stereocenters. The summed E-state index contributed by atoms with van der Waals surface area (Å²) in [6.07, 6.45) is 0. The molecular formula is C10H16BrMnN5. The molecule has 5 nitrogen and oxygen atoms in total. The molecule has 0 heterocycles. The van der Waals surface area contributed by atoms with Gasteiger partial charge >= 0.3 is 0 Å². The van der Waals surface area contributed by atoms with Crippen molar-refractivity contribution in [1.29, 1.82) is 0 Å². The molecule has 0 aliphatic carbocycles. The van der Waals surface area contributed by atoms with Crippen LogP contribution in [-0.2, 0) is 17.1 Å². The molecule has 0 rings (SSSR count). The van der Waals surface area contributed by atoms with Crippen molar-refractivity contribution in [3.63, 3.8) is 0 Å². The second-order valence-corrected chi connectivity index (χ2v) is 1.12. The van der Waals surface area contributed by atoms with E-state index in [9.17, 15) is 0 Å². The van der Waals surface area contributed by atoms with Gasteiger partial charge in [0, 0.05) is 17.1 Å². The summed E-state index contributed by atoms with van der Waals surface area (Å²) < 4.78 is 0. The van der Waals surface area contributed by atoms with E-state index in [0.29, 0.717) is 0 Å². The maximum Gasteiger partial charge on any atom is 0.205 e. The second kappa shape index (κ2) is 220. The zero-order valence-electron chi connectivity index (χ0n) is 10.5. The number of rotatable bonds is 0. The third kappa shape index (κ3) is 932. The van der Waals surface area contributed by atoms with Gasteiger partial charge in [-0.15, -0.1) is 17.0 Å². The monoisotopic (exact) mass is 340 g/mol. The molecule has 7 heteroatoms. The Bertz CT molecular complexity index is 202. The Morgan fingerprint density at radius 2 is 0.471 bits per heavy atom. The smallest absolute Gasteiger partial charge is 0.205 e. The van der Waals surface area contributed by atoms with Crippen molar-refractivity contribution in [3.05, 3.63) is 57.1 Å². The van der Waals surface area contributed by atoms with Gasteiger partial charge in [-0.3, -0.25) is 0 Å². The predicted molar refractivity (Wildman–Crippen MR) is 73.0 cm³/mol. The first-order valence-electron chi connectivity index (χ1n) is 3.35. The summed E-state index contributed by atoms with van der Waals surface area (Å²) >= 11 is 0. The van der Waals surface area contributed by atoms with Gasteiger partial charge in [-0.25, -0.2) is 32.9 Å². The van der Waals surface area contributed by atoms with Gasteiger partial charge < -0.3 is 24.2 Å². The second-order valence-electron chi connectivity index (χ2n) is 1.12. The Balaban J connectivity index is -0.0000000143. The fraction of sp³-hybridized carbons (Fsp3) is 0.500. The van der Waals surface area contributed by atoms with Crippen LogP contribution in [0.5, 0.6) is 0 Å². The minimum absolute atomic E-state index is 0. The molecule has 0 aromatic carbocycles. The molecule has 0 N–H and O–H groups in total. The zero-order chi connectivity index (χ0) is 13.5. The van der Waals surface area contributed by atoms with Gasteiger partial charge in [0.15, 0.2) is 0 Å². The van der Waals surface area contributed by atoms with E-state index in [1.165, 1.54) is 35.2 Å². The molecule has 0 aromatic rings. The molecule has 0 aromatic heterocycles. The van der Waals surface area contributed by atoms with E-state index in [4.69, 9.17) is 32.9 Å². The van der Waals surface area contributed by atoms with Crippen LogP contribution in [-0.4, -0.2) is 35.2 Å². The summed E-state index contributed by atoms with van der Waals surface area (Å²) in [5, 5.41) is 0. The first-order valence-corrected chi connectivity index (χ1v) is 3.35. The number of hydrogen-bond donors (Lipinski definition) is 0. The molecule has 0 saturated heterocycles. The standard InChI is InChI=1S/5C2H3N.BrH.Mn/c5*1-3-2;;/h5*1H3;1H;. The Labute approximate surface area is 126 Å². The van der Waals surface area contributed by atoms with Crippen molar-refractivity contribution in [2.75, 3.05) is 35.2 Å². The Morgan fingerprint density at radius 1 is 0.471 bits per heavy atom. The molecule has 95 valence electrons. The van der Waals surface area contributed by atoms with Crippen LogP contribution in [0.15, 0.2) is 0 Å². The average Bonchev–Trinajstić information content (AvgIpc) is 2.09. The van der Waals surface area contributed by atoms with E-state index < -0.39 is 0 Å². The summed E-state index contributed by atoms with van der Waals surface area (Å²) in [6, 6.07) is 0. The summed E-state index contributed by atoms with van der Waals surface area (Å²) in [4.78, 5) is 13.8. The van der Waals surface area contributed by atoms with Crippen molar-refractivity contribution < 1.29 is 17.1 Å². The first-order chi connectivity index (χ1) is 7.07. The molecule has 0 spiro atoms. The average molecular weight is 341 g/mol. The van der Waals surface area contributed by atoms with E-state index in [2.05, 4.69) is 24.2 Å². The van der Waals surface area contributed by atoms with Crippen LogP contribution in [0.1, 0.15) is 0 Å². The molecule has 0 saturated carbocycles. The molecular weight excluding hydrogens is 325 g/mol. The van der Waals surface area contributed by atoms with Crippen LogP contribution in [0.25, 0.3) is 24.2 Å². The fourth-order valence-corrected chi connectivity index (χ4v) is 0. The van der Waals surface area contributed by atoms with Crippen molar-refractivity contribution in [1.82, 2.24) is 0 Å². The van der Waals surface area contributed by atoms with Gasteiger partial charge in [-0.2, -0.15) is 0 Å². The predicted octanol–water partition coefficient (Wildman–Crippen LogP) is 3.25. The Hall–Kier alpha value is -1.55. The number of hydrogen-bond acceptors (Lipinski definition) is 0. The van der Waals surface area contributed by atoms with Gasteiger partial charge in [0.05, 0.1) is 0 Å². The summed E-state index contributed by atoms with van der Waals surface area (Å²) in [5.41, 5.74) is 0. The van der Waals surface area contributed by atoms with E-state index in [-0.39, 0.29) is 34.1 Å². The van der Waals surface area contributed by atoms with Crippen LogP contribution < -0.4 is 0 Å². The molecule has 1 radical (unpaired) electrons. The molecule has 0 bridgehead atoms. The van der Waals surface area contributed by atoms with Crippen LogP contribution >= 0.6 is 17.0 Å². The molecule has 17 heavy (non-hydrogen) atoms. The summed E-state index contributed by atoms with van der Waals surface area (Å²) in [7, 11) is 7.08.